The van der Waals surface area contributed by atoms with E-state index >= 15 is 0 Å². The van der Waals surface area contributed by atoms with Gasteiger partial charge in [0.25, 0.3) is 0 Å². The van der Waals surface area contributed by atoms with Crippen LogP contribution in [0.15, 0.2) is 48.5 Å². The first kappa shape index (κ1) is 17.7. The Morgan fingerprint density at radius 1 is 1.00 bits per heavy atom. The molecule has 1 N–H and O–H groups in total. The topological polar surface area (TPSA) is 54.4 Å². The number of ketones is 1. The van der Waals surface area contributed by atoms with Crippen LogP contribution in [0.4, 0.5) is 0 Å². The Kier molecular flexibility index (Phi) is 5.92. The Morgan fingerprint density at radius 3 is 2.44 bits per heavy atom. The van der Waals surface area contributed by atoms with Gasteiger partial charge in [0.15, 0.2) is 5.78 Å². The third-order valence-corrected chi connectivity index (χ3v) is 5.88. The van der Waals surface area contributed by atoms with E-state index in [9.17, 15) is 9.59 Å². The van der Waals surface area contributed by atoms with Crippen molar-refractivity contribution in [3.05, 3.63) is 70.8 Å². The number of hydrogen-bond donors (Lipinski definition) is 1. The molecule has 1 aliphatic carbocycles. The van der Waals surface area contributed by atoms with Gasteiger partial charge in [0.05, 0.1) is 5.75 Å². The molecule has 130 valence electrons. The average molecular weight is 354 g/mol. The zero-order valence-electron chi connectivity index (χ0n) is 14.1. The van der Waals surface area contributed by atoms with Crippen LogP contribution in [0.2, 0.25) is 0 Å². The second-order valence-corrected chi connectivity index (χ2v) is 7.61. The van der Waals surface area contributed by atoms with Crippen molar-refractivity contribution in [1.29, 1.82) is 0 Å². The van der Waals surface area contributed by atoms with Gasteiger partial charge in [-0.15, -0.1) is 11.8 Å². The molecular formula is C21H22O3S. The predicted molar refractivity (Wildman–Crippen MR) is 101 cm³/mol. The first-order valence-electron chi connectivity index (χ1n) is 8.67. The van der Waals surface area contributed by atoms with E-state index in [4.69, 9.17) is 5.11 Å². The summed E-state index contributed by atoms with van der Waals surface area (Å²) in [6.45, 7) is 0. The molecule has 0 saturated carbocycles. The molecule has 0 heterocycles. The van der Waals surface area contributed by atoms with Crippen LogP contribution in [0.25, 0.3) is 0 Å². The lowest BCUT2D eigenvalue weighted by Crippen LogP contribution is -2.10. The van der Waals surface area contributed by atoms with E-state index in [1.54, 1.807) is 0 Å². The molecule has 0 radical (unpaired) electrons. The predicted octanol–water partition coefficient (Wildman–Crippen LogP) is 4.70. The molecule has 0 saturated heterocycles. The first-order valence-corrected chi connectivity index (χ1v) is 9.71. The number of hydrogen-bond acceptors (Lipinski definition) is 3. The van der Waals surface area contributed by atoms with Crippen LogP contribution >= 0.6 is 11.8 Å². The quantitative estimate of drug-likeness (QED) is 0.733. The molecule has 25 heavy (non-hydrogen) atoms. The van der Waals surface area contributed by atoms with E-state index in [-0.39, 0.29) is 16.8 Å². The summed E-state index contributed by atoms with van der Waals surface area (Å²) in [7, 11) is 0. The highest BCUT2D eigenvalue weighted by atomic mass is 32.2. The van der Waals surface area contributed by atoms with E-state index < -0.39 is 5.97 Å². The van der Waals surface area contributed by atoms with Crippen molar-refractivity contribution in [1.82, 2.24) is 0 Å². The largest absolute Gasteiger partial charge is 0.481 e. The molecule has 0 aliphatic heterocycles. The number of benzene rings is 2. The number of aliphatic carboxylic acids is 1. The Bertz CT molecular complexity index is 755. The summed E-state index contributed by atoms with van der Waals surface area (Å²) in [4.78, 5) is 23.7. The van der Waals surface area contributed by atoms with E-state index in [2.05, 4.69) is 6.07 Å². The van der Waals surface area contributed by atoms with Crippen molar-refractivity contribution < 1.29 is 14.7 Å². The van der Waals surface area contributed by atoms with Gasteiger partial charge < -0.3 is 5.11 Å². The van der Waals surface area contributed by atoms with Gasteiger partial charge in [0.1, 0.15) is 0 Å². The molecule has 3 rings (SSSR count). The molecule has 1 unspecified atom stereocenters. The van der Waals surface area contributed by atoms with Gasteiger partial charge in [-0.25, -0.2) is 0 Å². The van der Waals surface area contributed by atoms with Crippen LogP contribution in [0, 0.1) is 0 Å². The Balaban J connectivity index is 1.76. The maximum Gasteiger partial charge on any atom is 0.313 e. The lowest BCUT2D eigenvalue weighted by molar-refractivity contribution is -0.133. The highest BCUT2D eigenvalue weighted by molar-refractivity contribution is 8.00. The SMILES string of the molecule is O=C(O)CSC(CC(=O)c1ccc2c(c1)CCCC2)c1ccccc1. The number of Topliss-reactive ketones (excluding diaryl/α,β-unsaturated/α-hetero) is 1. The standard InChI is InChI=1S/C21H22O3S/c22-19(18-11-10-15-6-4-5-9-17(15)12-18)13-20(25-14-21(23)24)16-7-2-1-3-8-16/h1-3,7-8,10-12,20H,4-6,9,13-14H2,(H,23,24). The second-order valence-electron chi connectivity index (χ2n) is 6.42. The summed E-state index contributed by atoms with van der Waals surface area (Å²) >= 11 is 1.31. The van der Waals surface area contributed by atoms with Gasteiger partial charge in [-0.3, -0.25) is 9.59 Å². The maximum absolute atomic E-state index is 12.8. The van der Waals surface area contributed by atoms with E-state index in [1.165, 1.54) is 35.7 Å². The summed E-state index contributed by atoms with van der Waals surface area (Å²) in [6.07, 6.45) is 4.88. The van der Waals surface area contributed by atoms with Crippen molar-refractivity contribution in [2.45, 2.75) is 37.4 Å². The summed E-state index contributed by atoms with van der Waals surface area (Å²) in [5.74, 6) is -0.774. The Morgan fingerprint density at radius 2 is 1.72 bits per heavy atom. The fourth-order valence-corrected chi connectivity index (χ4v) is 4.27. The van der Waals surface area contributed by atoms with Gasteiger partial charge in [-0.05, 0) is 48.4 Å². The van der Waals surface area contributed by atoms with E-state index in [0.29, 0.717) is 6.42 Å². The maximum atomic E-state index is 12.8. The minimum absolute atomic E-state index is 0.00295. The summed E-state index contributed by atoms with van der Waals surface area (Å²) < 4.78 is 0. The zero-order chi connectivity index (χ0) is 17.6. The van der Waals surface area contributed by atoms with Crippen LogP contribution < -0.4 is 0 Å². The number of aryl methyl sites for hydroxylation is 2. The number of carboxylic acid groups (broad SMARTS) is 1. The van der Waals surface area contributed by atoms with E-state index in [0.717, 1.165) is 24.0 Å². The lowest BCUT2D eigenvalue weighted by atomic mass is 9.89. The minimum atomic E-state index is -0.854. The highest BCUT2D eigenvalue weighted by Gasteiger charge is 2.20. The molecule has 4 heteroatoms. The van der Waals surface area contributed by atoms with Crippen molar-refractivity contribution in [2.24, 2.45) is 0 Å². The lowest BCUT2D eigenvalue weighted by Gasteiger charge is -2.18. The fraction of sp³-hybridized carbons (Fsp3) is 0.333. The van der Waals surface area contributed by atoms with Crippen LogP contribution in [0.1, 0.15) is 51.6 Å². The molecule has 1 aliphatic rings. The highest BCUT2D eigenvalue weighted by Crippen LogP contribution is 2.33. The van der Waals surface area contributed by atoms with Gasteiger partial charge in [-0.2, -0.15) is 0 Å². The van der Waals surface area contributed by atoms with Gasteiger partial charge in [0.2, 0.25) is 0 Å². The summed E-state index contributed by atoms with van der Waals surface area (Å²) in [5, 5.41) is 8.85. The number of carbonyl (C=O) groups excluding carboxylic acids is 1. The molecule has 0 amide bonds. The van der Waals surface area contributed by atoms with Crippen molar-refractivity contribution in [3.63, 3.8) is 0 Å². The zero-order valence-corrected chi connectivity index (χ0v) is 14.9. The van der Waals surface area contributed by atoms with E-state index in [1.807, 2.05) is 42.5 Å². The third-order valence-electron chi connectivity index (χ3n) is 4.62. The number of carbonyl (C=O) groups is 2. The molecule has 0 fully saturated rings. The molecule has 0 aromatic heterocycles. The second kappa shape index (κ2) is 8.34. The monoisotopic (exact) mass is 354 g/mol. The molecular weight excluding hydrogens is 332 g/mol. The molecule has 0 spiro atoms. The first-order chi connectivity index (χ1) is 12.1. The van der Waals surface area contributed by atoms with Crippen molar-refractivity contribution >= 4 is 23.5 Å². The van der Waals surface area contributed by atoms with Crippen molar-refractivity contribution in [2.75, 3.05) is 5.75 Å². The number of carboxylic acids is 1. The molecule has 0 bridgehead atoms. The fourth-order valence-electron chi connectivity index (χ4n) is 3.31. The third kappa shape index (κ3) is 4.73. The molecule has 3 nitrogen and oxygen atoms in total. The Labute approximate surface area is 152 Å². The van der Waals surface area contributed by atoms with Crippen LogP contribution in [0.5, 0.6) is 0 Å². The van der Waals surface area contributed by atoms with Gasteiger partial charge >= 0.3 is 5.97 Å². The smallest absolute Gasteiger partial charge is 0.313 e. The molecule has 2 aromatic carbocycles. The minimum Gasteiger partial charge on any atom is -0.481 e. The normalized spacial score (nSPS) is 14.6. The van der Waals surface area contributed by atoms with Crippen LogP contribution in [0.3, 0.4) is 0 Å². The Hall–Kier alpha value is -2.07. The number of rotatable bonds is 7. The summed E-state index contributed by atoms with van der Waals surface area (Å²) in [6, 6.07) is 15.7. The average Bonchev–Trinajstić information content (AvgIpc) is 2.65. The molecule has 1 atom stereocenters. The van der Waals surface area contributed by atoms with Crippen LogP contribution in [-0.4, -0.2) is 22.6 Å². The van der Waals surface area contributed by atoms with Crippen molar-refractivity contribution in [3.8, 4) is 0 Å². The number of fused-ring (bicyclic) bond motifs is 1. The van der Waals surface area contributed by atoms with Gasteiger partial charge in [0, 0.05) is 17.2 Å². The molecule has 2 aromatic rings. The summed E-state index contributed by atoms with van der Waals surface area (Å²) in [5.41, 5.74) is 4.41. The van der Waals surface area contributed by atoms with Crippen LogP contribution in [-0.2, 0) is 17.6 Å². The van der Waals surface area contributed by atoms with Gasteiger partial charge in [-0.1, -0.05) is 42.5 Å². The number of thioether (sulfide) groups is 1.